The minimum atomic E-state index is -0.888. The molecule has 0 unspecified atom stereocenters. The molecule has 8 heteroatoms. The second-order valence-corrected chi connectivity index (χ2v) is 4.06. The third-order valence-electron chi connectivity index (χ3n) is 2.21. The van der Waals surface area contributed by atoms with Crippen molar-refractivity contribution >= 4 is 29.4 Å². The molecule has 0 spiro atoms. The number of hydrogen-bond donors (Lipinski definition) is 2. The Morgan fingerprint density at radius 1 is 1.25 bits per heavy atom. The SMILES string of the molecule is O=C(NC(=O)c1ccc(Cl)cc1F)Nc1cnccn1. The van der Waals surface area contributed by atoms with Gasteiger partial charge in [0.15, 0.2) is 5.82 Å². The summed E-state index contributed by atoms with van der Waals surface area (Å²) in [5, 5.41) is 4.40. The van der Waals surface area contributed by atoms with E-state index in [1.165, 1.54) is 30.7 Å². The number of aromatic nitrogens is 2. The third-order valence-corrected chi connectivity index (χ3v) is 2.44. The molecule has 0 fully saturated rings. The monoisotopic (exact) mass is 294 g/mol. The number of benzene rings is 1. The molecular weight excluding hydrogens is 287 g/mol. The largest absolute Gasteiger partial charge is 0.327 e. The van der Waals surface area contributed by atoms with Gasteiger partial charge >= 0.3 is 6.03 Å². The molecule has 2 aromatic rings. The molecule has 0 atom stereocenters. The Bertz CT molecular complexity index is 651. The first-order valence-electron chi connectivity index (χ1n) is 5.39. The lowest BCUT2D eigenvalue weighted by molar-refractivity contribution is 0.0963. The number of anilines is 1. The molecular formula is C12H8ClFN4O2. The number of carbonyl (C=O) groups excluding carboxylic acids is 2. The van der Waals surface area contributed by atoms with Crippen molar-refractivity contribution in [2.45, 2.75) is 0 Å². The normalized spacial score (nSPS) is 9.90. The van der Waals surface area contributed by atoms with E-state index in [0.29, 0.717) is 0 Å². The Morgan fingerprint density at radius 2 is 2.05 bits per heavy atom. The highest BCUT2D eigenvalue weighted by Crippen LogP contribution is 2.14. The number of hydrogen-bond acceptors (Lipinski definition) is 4. The Morgan fingerprint density at radius 3 is 2.70 bits per heavy atom. The van der Waals surface area contributed by atoms with Crippen LogP contribution in [-0.2, 0) is 0 Å². The van der Waals surface area contributed by atoms with Crippen LogP contribution in [0.4, 0.5) is 15.0 Å². The third kappa shape index (κ3) is 3.48. The molecule has 0 aliphatic carbocycles. The molecule has 3 amide bonds. The fourth-order valence-electron chi connectivity index (χ4n) is 1.36. The van der Waals surface area contributed by atoms with E-state index in [1.54, 1.807) is 0 Å². The Balaban J connectivity index is 2.02. The summed E-state index contributed by atoms with van der Waals surface area (Å²) in [5.41, 5.74) is -0.288. The second-order valence-electron chi connectivity index (χ2n) is 3.62. The van der Waals surface area contributed by atoms with Gasteiger partial charge < -0.3 is 0 Å². The van der Waals surface area contributed by atoms with Crippen molar-refractivity contribution in [1.29, 1.82) is 0 Å². The molecule has 1 heterocycles. The molecule has 1 aromatic heterocycles. The number of rotatable bonds is 2. The van der Waals surface area contributed by atoms with Crippen molar-refractivity contribution in [2.75, 3.05) is 5.32 Å². The number of halogens is 2. The maximum Gasteiger partial charge on any atom is 0.327 e. The molecule has 0 radical (unpaired) electrons. The molecule has 0 bridgehead atoms. The maximum absolute atomic E-state index is 13.5. The molecule has 0 saturated heterocycles. The summed E-state index contributed by atoms with van der Waals surface area (Å²) in [6, 6.07) is 2.67. The van der Waals surface area contributed by atoms with Gasteiger partial charge in [-0.15, -0.1) is 0 Å². The summed E-state index contributed by atoms with van der Waals surface area (Å²) < 4.78 is 13.5. The van der Waals surface area contributed by atoms with Gasteiger partial charge in [0.2, 0.25) is 0 Å². The van der Waals surface area contributed by atoms with Crippen molar-refractivity contribution in [2.24, 2.45) is 0 Å². The molecule has 1 aromatic carbocycles. The lowest BCUT2D eigenvalue weighted by Gasteiger charge is -2.06. The highest BCUT2D eigenvalue weighted by molar-refractivity contribution is 6.30. The van der Waals surface area contributed by atoms with E-state index >= 15 is 0 Å². The van der Waals surface area contributed by atoms with E-state index in [9.17, 15) is 14.0 Å². The van der Waals surface area contributed by atoms with Gasteiger partial charge in [-0.2, -0.15) is 0 Å². The molecule has 2 rings (SSSR count). The average molecular weight is 295 g/mol. The van der Waals surface area contributed by atoms with Gasteiger partial charge in [0.25, 0.3) is 5.91 Å². The number of nitrogens with one attached hydrogen (secondary N) is 2. The zero-order valence-electron chi connectivity index (χ0n) is 9.93. The molecule has 20 heavy (non-hydrogen) atoms. The van der Waals surface area contributed by atoms with Crippen LogP contribution in [0, 0.1) is 5.82 Å². The maximum atomic E-state index is 13.5. The first-order valence-corrected chi connectivity index (χ1v) is 5.77. The van der Waals surface area contributed by atoms with Crippen LogP contribution in [0.25, 0.3) is 0 Å². The van der Waals surface area contributed by atoms with Gasteiger partial charge in [-0.3, -0.25) is 20.4 Å². The lowest BCUT2D eigenvalue weighted by atomic mass is 10.2. The van der Waals surface area contributed by atoms with E-state index in [-0.39, 0.29) is 16.4 Å². The van der Waals surface area contributed by atoms with E-state index in [4.69, 9.17) is 11.6 Å². The van der Waals surface area contributed by atoms with Crippen molar-refractivity contribution in [3.05, 3.63) is 53.2 Å². The van der Waals surface area contributed by atoms with Crippen LogP contribution >= 0.6 is 11.6 Å². The smallest absolute Gasteiger partial charge is 0.291 e. The molecule has 0 aliphatic rings. The van der Waals surface area contributed by atoms with E-state index in [2.05, 4.69) is 15.3 Å². The Kier molecular flexibility index (Phi) is 4.21. The molecule has 0 saturated carbocycles. The molecule has 102 valence electrons. The van der Waals surface area contributed by atoms with Crippen molar-refractivity contribution in [1.82, 2.24) is 15.3 Å². The number of imide groups is 1. The van der Waals surface area contributed by atoms with Gasteiger partial charge in [0, 0.05) is 17.4 Å². The summed E-state index contributed by atoms with van der Waals surface area (Å²) in [6.07, 6.45) is 4.10. The fraction of sp³-hybridized carbons (Fsp3) is 0. The van der Waals surface area contributed by atoms with Crippen LogP contribution < -0.4 is 10.6 Å². The van der Waals surface area contributed by atoms with E-state index < -0.39 is 17.8 Å². The predicted octanol–water partition coefficient (Wildman–Crippen LogP) is 2.23. The van der Waals surface area contributed by atoms with Crippen LogP contribution in [0.15, 0.2) is 36.8 Å². The molecule has 2 N–H and O–H groups in total. The van der Waals surface area contributed by atoms with Gasteiger partial charge in [-0.05, 0) is 18.2 Å². The summed E-state index contributed by atoms with van der Waals surface area (Å²) in [7, 11) is 0. The summed E-state index contributed by atoms with van der Waals surface area (Å²) in [6.45, 7) is 0. The first-order chi connectivity index (χ1) is 9.56. The van der Waals surface area contributed by atoms with Gasteiger partial charge in [0.05, 0.1) is 11.8 Å². The zero-order chi connectivity index (χ0) is 14.5. The van der Waals surface area contributed by atoms with Crippen LogP contribution in [0.1, 0.15) is 10.4 Å². The second kappa shape index (κ2) is 6.07. The van der Waals surface area contributed by atoms with E-state index in [0.717, 1.165) is 6.07 Å². The number of nitrogens with zero attached hydrogens (tertiary/aromatic N) is 2. The zero-order valence-corrected chi connectivity index (χ0v) is 10.7. The van der Waals surface area contributed by atoms with Crippen LogP contribution in [0.3, 0.4) is 0 Å². The highest BCUT2D eigenvalue weighted by atomic mass is 35.5. The summed E-state index contributed by atoms with van der Waals surface area (Å²) in [5.74, 6) is -1.54. The van der Waals surface area contributed by atoms with E-state index in [1.807, 2.05) is 5.32 Å². The topological polar surface area (TPSA) is 84.0 Å². The Labute approximate surface area is 118 Å². The van der Waals surface area contributed by atoms with Crippen LogP contribution in [0.5, 0.6) is 0 Å². The number of amides is 3. The number of carbonyl (C=O) groups is 2. The fourth-order valence-corrected chi connectivity index (χ4v) is 1.51. The highest BCUT2D eigenvalue weighted by Gasteiger charge is 2.15. The first kappa shape index (κ1) is 13.9. The summed E-state index contributed by atoms with van der Waals surface area (Å²) in [4.78, 5) is 30.7. The standard InChI is InChI=1S/C12H8ClFN4O2/c13-7-1-2-8(9(14)5-7)11(19)18-12(20)17-10-6-15-3-4-16-10/h1-6H,(H2,16,17,18,19,20). The predicted molar refractivity (Wildman–Crippen MR) is 69.9 cm³/mol. The minimum Gasteiger partial charge on any atom is -0.291 e. The Hall–Kier alpha value is -2.54. The quantitative estimate of drug-likeness (QED) is 0.889. The van der Waals surface area contributed by atoms with Crippen molar-refractivity contribution in [3.8, 4) is 0 Å². The van der Waals surface area contributed by atoms with Crippen molar-refractivity contribution in [3.63, 3.8) is 0 Å². The summed E-state index contributed by atoms with van der Waals surface area (Å²) >= 11 is 5.57. The molecule has 6 nitrogen and oxygen atoms in total. The van der Waals surface area contributed by atoms with Crippen LogP contribution in [0.2, 0.25) is 5.02 Å². The lowest BCUT2D eigenvalue weighted by Crippen LogP contribution is -2.35. The van der Waals surface area contributed by atoms with Crippen molar-refractivity contribution < 1.29 is 14.0 Å². The molecule has 0 aliphatic heterocycles. The van der Waals surface area contributed by atoms with Gasteiger partial charge in [-0.1, -0.05) is 11.6 Å². The van der Waals surface area contributed by atoms with Gasteiger partial charge in [0.1, 0.15) is 5.82 Å². The van der Waals surface area contributed by atoms with Gasteiger partial charge in [-0.25, -0.2) is 14.2 Å². The number of urea groups is 1. The minimum absolute atomic E-state index is 0.156. The average Bonchev–Trinajstić information content (AvgIpc) is 2.39. The van der Waals surface area contributed by atoms with Crippen LogP contribution in [-0.4, -0.2) is 21.9 Å².